The quantitative estimate of drug-likeness (QED) is 0.354. The van der Waals surface area contributed by atoms with Crippen LogP contribution in [-0.4, -0.2) is 49.1 Å². The molecule has 172 valence electrons. The van der Waals surface area contributed by atoms with Crippen molar-refractivity contribution in [3.8, 4) is 5.75 Å². The van der Waals surface area contributed by atoms with E-state index in [1.807, 2.05) is 0 Å². The molecule has 8 heteroatoms. The van der Waals surface area contributed by atoms with Crippen molar-refractivity contribution in [1.29, 1.82) is 0 Å². The van der Waals surface area contributed by atoms with E-state index in [0.717, 1.165) is 70.0 Å². The Bertz CT molecular complexity index is 914. The van der Waals surface area contributed by atoms with Crippen molar-refractivity contribution in [2.75, 3.05) is 39.3 Å². The molecule has 32 heavy (non-hydrogen) atoms. The number of allylic oxidation sites excluding steroid dienone is 4. The van der Waals surface area contributed by atoms with Crippen molar-refractivity contribution in [1.82, 2.24) is 9.80 Å². The molecule has 0 aromatic heterocycles. The van der Waals surface area contributed by atoms with Crippen LogP contribution in [0.1, 0.15) is 25.7 Å². The maximum Gasteiger partial charge on any atom is 0.231 e. The topological polar surface area (TPSA) is 34.2 Å². The maximum atomic E-state index is 13.4. The van der Waals surface area contributed by atoms with Gasteiger partial charge in [-0.15, -0.1) is 0 Å². The van der Waals surface area contributed by atoms with Crippen LogP contribution >= 0.6 is 31.9 Å². The third kappa shape index (κ3) is 6.39. The molecule has 2 aliphatic heterocycles. The van der Waals surface area contributed by atoms with Crippen LogP contribution in [0, 0.1) is 5.82 Å². The van der Waals surface area contributed by atoms with E-state index in [-0.39, 0.29) is 5.82 Å². The third-order valence-corrected chi connectivity index (χ3v) is 6.81. The Hall–Kier alpha value is -1.77. The van der Waals surface area contributed by atoms with Gasteiger partial charge in [0.1, 0.15) is 23.6 Å². The van der Waals surface area contributed by atoms with E-state index in [0.29, 0.717) is 21.3 Å². The second kappa shape index (κ2) is 11.4. The molecule has 0 unspecified atom stereocenters. The molecule has 0 N–H and O–H groups in total. The van der Waals surface area contributed by atoms with Crippen LogP contribution < -0.4 is 4.74 Å². The van der Waals surface area contributed by atoms with Gasteiger partial charge in [0, 0.05) is 39.1 Å². The molecule has 0 radical (unpaired) electrons. The zero-order chi connectivity index (χ0) is 22.3. The van der Waals surface area contributed by atoms with E-state index in [4.69, 9.17) is 14.2 Å². The fourth-order valence-electron chi connectivity index (χ4n) is 3.88. The summed E-state index contributed by atoms with van der Waals surface area (Å²) in [6, 6.07) is 2.82. The maximum absolute atomic E-state index is 13.4. The van der Waals surface area contributed by atoms with Crippen molar-refractivity contribution >= 4 is 31.9 Å². The minimum atomic E-state index is -0.304. The second-order valence-corrected chi connectivity index (χ2v) is 9.68. The summed E-state index contributed by atoms with van der Waals surface area (Å²) in [5, 5.41) is 0. The predicted molar refractivity (Wildman–Crippen MR) is 129 cm³/mol. The number of rotatable bonds is 8. The zero-order valence-corrected chi connectivity index (χ0v) is 21.0. The fourth-order valence-corrected chi connectivity index (χ4v) is 5.24. The number of hydrogen-bond donors (Lipinski definition) is 0. The standard InChI is InChI=1S/C24H27Br2FN2O3/c25-21-14-19(27)15-22(26)24(21)30-12-4-7-28-8-10-29(11-9-28)23-17-31-20(16-32-23)13-18-5-2-1-3-6-18/h1-2,5,14-17H,3-4,6-13H2. The Balaban J connectivity index is 1.14. The van der Waals surface area contributed by atoms with Crippen molar-refractivity contribution in [2.24, 2.45) is 0 Å². The molecule has 1 saturated heterocycles. The summed E-state index contributed by atoms with van der Waals surface area (Å²) in [6.07, 6.45) is 13.8. The minimum Gasteiger partial charge on any atom is -0.491 e. The second-order valence-electron chi connectivity index (χ2n) is 7.97. The fraction of sp³-hybridized carbons (Fsp3) is 0.417. The van der Waals surface area contributed by atoms with Gasteiger partial charge in [-0.3, -0.25) is 4.90 Å². The lowest BCUT2D eigenvalue weighted by atomic mass is 10.0. The van der Waals surface area contributed by atoms with Gasteiger partial charge in [0.25, 0.3) is 0 Å². The minimum absolute atomic E-state index is 0.304. The Labute approximate surface area is 205 Å². The summed E-state index contributed by atoms with van der Waals surface area (Å²) in [6.45, 7) is 5.23. The first-order valence-electron chi connectivity index (χ1n) is 10.9. The van der Waals surface area contributed by atoms with Gasteiger partial charge >= 0.3 is 0 Å². The molecule has 0 amide bonds. The van der Waals surface area contributed by atoms with Crippen molar-refractivity contribution in [3.05, 3.63) is 74.9 Å². The molecule has 1 aromatic rings. The van der Waals surface area contributed by atoms with Crippen molar-refractivity contribution < 1.29 is 18.6 Å². The van der Waals surface area contributed by atoms with Crippen LogP contribution in [-0.2, 0) is 9.47 Å². The van der Waals surface area contributed by atoms with Gasteiger partial charge in [-0.1, -0.05) is 23.8 Å². The molecule has 0 saturated carbocycles. The van der Waals surface area contributed by atoms with Crippen LogP contribution in [0.4, 0.5) is 4.39 Å². The highest BCUT2D eigenvalue weighted by molar-refractivity contribution is 9.11. The van der Waals surface area contributed by atoms with Crippen LogP contribution in [0.15, 0.2) is 69.0 Å². The van der Waals surface area contributed by atoms with E-state index < -0.39 is 0 Å². The number of benzene rings is 1. The smallest absolute Gasteiger partial charge is 0.231 e. The lowest BCUT2D eigenvalue weighted by Crippen LogP contribution is -2.46. The van der Waals surface area contributed by atoms with Gasteiger partial charge in [0.2, 0.25) is 5.88 Å². The average molecular weight is 570 g/mol. The van der Waals surface area contributed by atoms with Gasteiger partial charge in [-0.05, 0) is 63.3 Å². The Kier molecular flexibility index (Phi) is 8.32. The first-order chi connectivity index (χ1) is 15.6. The van der Waals surface area contributed by atoms with Gasteiger partial charge in [0.15, 0.2) is 6.26 Å². The molecule has 1 aliphatic carbocycles. The first-order valence-corrected chi connectivity index (χ1v) is 12.5. The summed E-state index contributed by atoms with van der Waals surface area (Å²) in [4.78, 5) is 4.64. The van der Waals surface area contributed by atoms with Gasteiger partial charge in [-0.2, -0.15) is 0 Å². The number of ether oxygens (including phenoxy) is 3. The number of piperazine rings is 1. The first kappa shape index (κ1) is 23.4. The SMILES string of the molecule is Fc1cc(Br)c(OCCCN2CCN(C3=COC(CC4=CC=CCC4)=CO3)CC2)c(Br)c1. The van der Waals surface area contributed by atoms with Gasteiger partial charge in [0.05, 0.1) is 15.6 Å². The molecule has 5 nitrogen and oxygen atoms in total. The summed E-state index contributed by atoms with van der Waals surface area (Å²) < 4.78 is 32.1. The molecule has 1 fully saturated rings. The normalized spacial score (nSPS) is 19.0. The van der Waals surface area contributed by atoms with E-state index in [2.05, 4.69) is 59.9 Å². The number of halogens is 3. The Morgan fingerprint density at radius 2 is 1.81 bits per heavy atom. The van der Waals surface area contributed by atoms with Gasteiger partial charge < -0.3 is 19.1 Å². The van der Waals surface area contributed by atoms with E-state index in [1.54, 1.807) is 12.5 Å². The highest BCUT2D eigenvalue weighted by Crippen LogP contribution is 2.34. The molecule has 3 aliphatic rings. The molecular formula is C24H27Br2FN2O3. The van der Waals surface area contributed by atoms with Gasteiger partial charge in [-0.25, -0.2) is 4.39 Å². The summed E-state index contributed by atoms with van der Waals surface area (Å²) >= 11 is 6.70. The van der Waals surface area contributed by atoms with E-state index in [1.165, 1.54) is 17.7 Å². The number of hydrogen-bond acceptors (Lipinski definition) is 5. The average Bonchev–Trinajstić information content (AvgIpc) is 2.80. The summed E-state index contributed by atoms with van der Waals surface area (Å²) in [7, 11) is 0. The van der Waals surface area contributed by atoms with E-state index in [9.17, 15) is 4.39 Å². The Morgan fingerprint density at radius 1 is 1.03 bits per heavy atom. The largest absolute Gasteiger partial charge is 0.491 e. The Morgan fingerprint density at radius 3 is 2.47 bits per heavy atom. The zero-order valence-electron chi connectivity index (χ0n) is 17.9. The molecule has 0 spiro atoms. The number of nitrogens with zero attached hydrogens (tertiary/aromatic N) is 2. The van der Waals surface area contributed by atoms with Crippen molar-refractivity contribution in [3.63, 3.8) is 0 Å². The van der Waals surface area contributed by atoms with E-state index >= 15 is 0 Å². The third-order valence-electron chi connectivity index (χ3n) is 5.64. The molecule has 4 rings (SSSR count). The molecule has 0 bridgehead atoms. The summed E-state index contributed by atoms with van der Waals surface area (Å²) in [5.74, 6) is 1.97. The summed E-state index contributed by atoms with van der Waals surface area (Å²) in [5.41, 5.74) is 1.37. The van der Waals surface area contributed by atoms with Crippen LogP contribution in [0.5, 0.6) is 5.75 Å². The van der Waals surface area contributed by atoms with Crippen molar-refractivity contribution in [2.45, 2.75) is 25.7 Å². The molecule has 2 heterocycles. The highest BCUT2D eigenvalue weighted by atomic mass is 79.9. The van der Waals surface area contributed by atoms with Crippen LogP contribution in [0.25, 0.3) is 0 Å². The monoisotopic (exact) mass is 568 g/mol. The van der Waals surface area contributed by atoms with Crippen LogP contribution in [0.3, 0.4) is 0 Å². The van der Waals surface area contributed by atoms with Crippen LogP contribution in [0.2, 0.25) is 0 Å². The molecular weight excluding hydrogens is 543 g/mol. The molecule has 0 atom stereocenters. The highest BCUT2D eigenvalue weighted by Gasteiger charge is 2.22. The molecule has 1 aromatic carbocycles. The lowest BCUT2D eigenvalue weighted by Gasteiger charge is -2.36. The predicted octanol–water partition coefficient (Wildman–Crippen LogP) is 6.09. The lowest BCUT2D eigenvalue weighted by molar-refractivity contribution is 0.0806.